The van der Waals surface area contributed by atoms with Crippen molar-refractivity contribution in [2.24, 2.45) is 5.92 Å². The van der Waals surface area contributed by atoms with Crippen molar-refractivity contribution in [1.82, 2.24) is 4.31 Å². The van der Waals surface area contributed by atoms with Crippen LogP contribution in [-0.4, -0.2) is 31.1 Å². The zero-order chi connectivity index (χ0) is 13.1. The monoisotopic (exact) mass is 258 g/mol. The molecular formula is C12H22N2O2S. The SMILES string of the molecule is CCC(C#N)S(=O)(=O)N(C)C1CCCC(C)C1. The molecule has 0 bridgehead atoms. The van der Waals surface area contributed by atoms with Gasteiger partial charge in [-0.15, -0.1) is 0 Å². The Morgan fingerprint density at radius 3 is 2.59 bits per heavy atom. The molecule has 1 aliphatic carbocycles. The van der Waals surface area contributed by atoms with E-state index < -0.39 is 15.3 Å². The molecule has 5 heteroatoms. The van der Waals surface area contributed by atoms with Crippen molar-refractivity contribution in [3.05, 3.63) is 0 Å². The van der Waals surface area contributed by atoms with E-state index in [1.165, 1.54) is 10.7 Å². The maximum atomic E-state index is 12.2. The Labute approximate surface area is 105 Å². The van der Waals surface area contributed by atoms with E-state index >= 15 is 0 Å². The predicted molar refractivity (Wildman–Crippen MR) is 67.8 cm³/mol. The van der Waals surface area contributed by atoms with Crippen LogP contribution in [0.5, 0.6) is 0 Å². The Morgan fingerprint density at radius 1 is 1.47 bits per heavy atom. The van der Waals surface area contributed by atoms with Crippen molar-refractivity contribution >= 4 is 10.0 Å². The molecule has 0 aromatic heterocycles. The van der Waals surface area contributed by atoms with Gasteiger partial charge in [-0.05, 0) is 25.2 Å². The summed E-state index contributed by atoms with van der Waals surface area (Å²) in [5.41, 5.74) is 0. The summed E-state index contributed by atoms with van der Waals surface area (Å²) in [6, 6.07) is 1.97. The van der Waals surface area contributed by atoms with Gasteiger partial charge in [0, 0.05) is 13.1 Å². The molecule has 0 N–H and O–H groups in total. The summed E-state index contributed by atoms with van der Waals surface area (Å²) in [5, 5.41) is 8.01. The quantitative estimate of drug-likeness (QED) is 0.776. The van der Waals surface area contributed by atoms with Gasteiger partial charge in [0.25, 0.3) is 0 Å². The minimum Gasteiger partial charge on any atom is -0.211 e. The minimum absolute atomic E-state index is 0.0751. The summed E-state index contributed by atoms with van der Waals surface area (Å²) < 4.78 is 25.8. The standard InChI is InChI=1S/C12H22N2O2S/c1-4-12(9-13)17(15,16)14(3)11-7-5-6-10(2)8-11/h10-12H,4-8H2,1-3H3. The number of hydrogen-bond donors (Lipinski definition) is 0. The van der Waals surface area contributed by atoms with Gasteiger partial charge in [-0.3, -0.25) is 0 Å². The van der Waals surface area contributed by atoms with Crippen molar-refractivity contribution in [3.8, 4) is 6.07 Å². The Bertz CT molecular complexity index is 386. The first-order valence-corrected chi connectivity index (χ1v) is 7.80. The highest BCUT2D eigenvalue weighted by atomic mass is 32.2. The number of nitriles is 1. The molecule has 0 spiro atoms. The van der Waals surface area contributed by atoms with Crippen molar-refractivity contribution in [3.63, 3.8) is 0 Å². The molecule has 1 rings (SSSR count). The molecule has 0 amide bonds. The molecule has 0 aromatic carbocycles. The molecule has 3 unspecified atom stereocenters. The van der Waals surface area contributed by atoms with Crippen LogP contribution in [-0.2, 0) is 10.0 Å². The third-order valence-electron chi connectivity index (χ3n) is 3.70. The minimum atomic E-state index is -3.45. The van der Waals surface area contributed by atoms with E-state index in [9.17, 15) is 8.42 Å². The summed E-state index contributed by atoms with van der Waals surface area (Å²) in [7, 11) is -1.83. The van der Waals surface area contributed by atoms with E-state index in [0.29, 0.717) is 12.3 Å². The largest absolute Gasteiger partial charge is 0.230 e. The van der Waals surface area contributed by atoms with Gasteiger partial charge in [-0.2, -0.15) is 5.26 Å². The highest BCUT2D eigenvalue weighted by Gasteiger charge is 2.34. The van der Waals surface area contributed by atoms with Crippen LogP contribution >= 0.6 is 0 Å². The number of nitrogens with zero attached hydrogens (tertiary/aromatic N) is 2. The lowest BCUT2D eigenvalue weighted by Gasteiger charge is -2.34. The molecule has 17 heavy (non-hydrogen) atoms. The summed E-state index contributed by atoms with van der Waals surface area (Å²) in [4.78, 5) is 0. The lowest BCUT2D eigenvalue weighted by Crippen LogP contribution is -2.43. The van der Waals surface area contributed by atoms with E-state index in [1.807, 2.05) is 6.07 Å². The smallest absolute Gasteiger partial charge is 0.211 e. The lowest BCUT2D eigenvalue weighted by molar-refractivity contribution is 0.238. The second-order valence-corrected chi connectivity index (χ2v) is 7.19. The van der Waals surface area contributed by atoms with Crippen molar-refractivity contribution < 1.29 is 8.42 Å². The van der Waals surface area contributed by atoms with E-state index in [-0.39, 0.29) is 6.04 Å². The summed E-state index contributed by atoms with van der Waals surface area (Å²) >= 11 is 0. The van der Waals surface area contributed by atoms with E-state index in [1.54, 1.807) is 14.0 Å². The van der Waals surface area contributed by atoms with Crippen LogP contribution in [0.2, 0.25) is 0 Å². The second-order valence-electron chi connectivity index (χ2n) is 5.01. The fourth-order valence-electron chi connectivity index (χ4n) is 2.51. The Hall–Kier alpha value is -0.600. The first-order chi connectivity index (χ1) is 7.93. The molecule has 4 nitrogen and oxygen atoms in total. The average Bonchev–Trinajstić information content (AvgIpc) is 2.29. The third kappa shape index (κ3) is 3.20. The predicted octanol–water partition coefficient (Wildman–Crippen LogP) is 2.13. The van der Waals surface area contributed by atoms with Crippen LogP contribution in [0.3, 0.4) is 0 Å². The van der Waals surface area contributed by atoms with Gasteiger partial charge in [0.15, 0.2) is 5.25 Å². The molecule has 1 aliphatic rings. The molecule has 0 saturated heterocycles. The topological polar surface area (TPSA) is 61.2 Å². The maximum Gasteiger partial charge on any atom is 0.230 e. The summed E-state index contributed by atoms with van der Waals surface area (Å²) in [6.45, 7) is 3.90. The van der Waals surface area contributed by atoms with Gasteiger partial charge in [-0.25, -0.2) is 12.7 Å². The zero-order valence-electron chi connectivity index (χ0n) is 10.9. The van der Waals surface area contributed by atoms with Crippen LogP contribution in [0.4, 0.5) is 0 Å². The fourth-order valence-corrected chi connectivity index (χ4v) is 4.07. The fraction of sp³-hybridized carbons (Fsp3) is 0.917. The molecule has 3 atom stereocenters. The van der Waals surface area contributed by atoms with Crippen LogP contribution in [0, 0.1) is 17.2 Å². The molecule has 0 heterocycles. The highest BCUT2D eigenvalue weighted by molar-refractivity contribution is 7.90. The summed E-state index contributed by atoms with van der Waals surface area (Å²) in [5.74, 6) is 0.577. The van der Waals surface area contributed by atoms with Gasteiger partial charge in [-0.1, -0.05) is 26.7 Å². The molecule has 0 aliphatic heterocycles. The third-order valence-corrected chi connectivity index (χ3v) is 5.96. The Balaban J connectivity index is 2.81. The molecule has 1 saturated carbocycles. The second kappa shape index (κ2) is 5.83. The molecule has 98 valence electrons. The molecule has 0 radical (unpaired) electrons. The number of hydrogen-bond acceptors (Lipinski definition) is 3. The van der Waals surface area contributed by atoms with Crippen molar-refractivity contribution in [1.29, 1.82) is 5.26 Å². The zero-order valence-corrected chi connectivity index (χ0v) is 11.7. The number of sulfonamides is 1. The lowest BCUT2D eigenvalue weighted by atomic mass is 9.87. The summed E-state index contributed by atoms with van der Waals surface area (Å²) in [6.07, 6.45) is 4.44. The van der Waals surface area contributed by atoms with E-state index in [4.69, 9.17) is 5.26 Å². The van der Waals surface area contributed by atoms with Crippen LogP contribution in [0.1, 0.15) is 46.0 Å². The molecular weight excluding hydrogens is 236 g/mol. The first kappa shape index (κ1) is 14.5. The first-order valence-electron chi connectivity index (χ1n) is 6.30. The Kier molecular flexibility index (Phi) is 4.96. The highest BCUT2D eigenvalue weighted by Crippen LogP contribution is 2.29. The average molecular weight is 258 g/mol. The van der Waals surface area contributed by atoms with E-state index in [2.05, 4.69) is 6.92 Å². The van der Waals surface area contributed by atoms with Crippen molar-refractivity contribution in [2.75, 3.05) is 7.05 Å². The molecule has 0 aromatic rings. The van der Waals surface area contributed by atoms with Crippen molar-refractivity contribution in [2.45, 2.75) is 57.2 Å². The van der Waals surface area contributed by atoms with Gasteiger partial charge >= 0.3 is 0 Å². The van der Waals surface area contributed by atoms with Gasteiger partial charge in [0.2, 0.25) is 10.0 Å². The normalized spacial score (nSPS) is 27.7. The van der Waals surface area contributed by atoms with E-state index in [0.717, 1.165) is 19.3 Å². The number of rotatable bonds is 4. The van der Waals surface area contributed by atoms with Gasteiger partial charge in [0.05, 0.1) is 6.07 Å². The maximum absolute atomic E-state index is 12.2. The Morgan fingerprint density at radius 2 is 2.12 bits per heavy atom. The van der Waals surface area contributed by atoms with Crippen LogP contribution in [0.15, 0.2) is 0 Å². The van der Waals surface area contributed by atoms with Crippen LogP contribution < -0.4 is 0 Å². The van der Waals surface area contributed by atoms with Gasteiger partial charge < -0.3 is 0 Å². The van der Waals surface area contributed by atoms with Gasteiger partial charge in [0.1, 0.15) is 0 Å². The van der Waals surface area contributed by atoms with Crippen LogP contribution in [0.25, 0.3) is 0 Å². The molecule has 1 fully saturated rings.